The molecule has 0 saturated carbocycles. The summed E-state index contributed by atoms with van der Waals surface area (Å²) >= 11 is 0. The van der Waals surface area contributed by atoms with Gasteiger partial charge >= 0.3 is 0 Å². The van der Waals surface area contributed by atoms with Gasteiger partial charge in [-0.2, -0.15) is 0 Å². The van der Waals surface area contributed by atoms with Gasteiger partial charge in [-0.25, -0.2) is 0 Å². The molecule has 0 amide bonds. The van der Waals surface area contributed by atoms with Crippen molar-refractivity contribution in [3.8, 4) is 0 Å². The van der Waals surface area contributed by atoms with Gasteiger partial charge in [0.1, 0.15) is 0 Å². The number of rotatable bonds is 5. The van der Waals surface area contributed by atoms with E-state index in [-0.39, 0.29) is 6.29 Å². The first-order valence-electron chi connectivity index (χ1n) is 5.20. The minimum absolute atomic E-state index is 0.0561. The van der Waals surface area contributed by atoms with Crippen LogP contribution in [0.2, 0.25) is 0 Å². The minimum atomic E-state index is 0.0561. The molecule has 0 spiro atoms. The summed E-state index contributed by atoms with van der Waals surface area (Å²) < 4.78 is 11.0. The van der Waals surface area contributed by atoms with Crippen LogP contribution in [0.15, 0.2) is 0 Å². The van der Waals surface area contributed by atoms with E-state index in [1.165, 1.54) is 6.42 Å². The zero-order chi connectivity index (χ0) is 9.52. The molecule has 0 aromatic carbocycles. The molecule has 0 aromatic heterocycles. The van der Waals surface area contributed by atoms with E-state index in [9.17, 15) is 0 Å². The molecule has 3 heteroatoms. The summed E-state index contributed by atoms with van der Waals surface area (Å²) in [6.07, 6.45) is 3.32. The molecule has 78 valence electrons. The Kier molecular flexibility index (Phi) is 5.35. The van der Waals surface area contributed by atoms with Crippen molar-refractivity contribution in [2.45, 2.75) is 32.5 Å². The maximum absolute atomic E-state index is 5.49. The van der Waals surface area contributed by atoms with Crippen molar-refractivity contribution in [3.63, 3.8) is 0 Å². The third-order valence-corrected chi connectivity index (χ3v) is 2.38. The van der Waals surface area contributed by atoms with Gasteiger partial charge in [-0.3, -0.25) is 0 Å². The van der Waals surface area contributed by atoms with E-state index in [4.69, 9.17) is 9.47 Å². The predicted molar refractivity (Wildman–Crippen MR) is 52.6 cm³/mol. The van der Waals surface area contributed by atoms with Crippen molar-refractivity contribution < 1.29 is 9.47 Å². The fourth-order valence-electron chi connectivity index (χ4n) is 1.51. The SMILES string of the molecule is CNCCC(C)CC1OCCCO1. The van der Waals surface area contributed by atoms with Crippen LogP contribution in [0.3, 0.4) is 0 Å². The van der Waals surface area contributed by atoms with Crippen molar-refractivity contribution in [1.82, 2.24) is 5.32 Å². The van der Waals surface area contributed by atoms with E-state index < -0.39 is 0 Å². The molecule has 1 atom stereocenters. The Morgan fingerprint density at radius 2 is 2.08 bits per heavy atom. The van der Waals surface area contributed by atoms with Crippen LogP contribution in [0.1, 0.15) is 26.2 Å². The molecular weight excluding hydrogens is 166 g/mol. The fourth-order valence-corrected chi connectivity index (χ4v) is 1.51. The standard InChI is InChI=1S/C10H21NO2/c1-9(4-5-11-2)8-10-12-6-3-7-13-10/h9-11H,3-8H2,1-2H3. The minimum Gasteiger partial charge on any atom is -0.353 e. The summed E-state index contributed by atoms with van der Waals surface area (Å²) in [4.78, 5) is 0. The molecule has 1 aliphatic heterocycles. The van der Waals surface area contributed by atoms with Gasteiger partial charge in [0.05, 0.1) is 13.2 Å². The smallest absolute Gasteiger partial charge is 0.157 e. The Morgan fingerprint density at radius 1 is 1.38 bits per heavy atom. The maximum Gasteiger partial charge on any atom is 0.157 e. The summed E-state index contributed by atoms with van der Waals surface area (Å²) in [5.74, 6) is 0.676. The van der Waals surface area contributed by atoms with Crippen molar-refractivity contribution in [2.75, 3.05) is 26.8 Å². The summed E-state index contributed by atoms with van der Waals surface area (Å²) in [5.41, 5.74) is 0. The van der Waals surface area contributed by atoms with Crippen LogP contribution in [0.25, 0.3) is 0 Å². The van der Waals surface area contributed by atoms with Crippen molar-refractivity contribution >= 4 is 0 Å². The molecule has 0 radical (unpaired) electrons. The normalized spacial score (nSPS) is 21.7. The molecule has 1 aliphatic rings. The van der Waals surface area contributed by atoms with E-state index in [1.54, 1.807) is 0 Å². The van der Waals surface area contributed by atoms with E-state index >= 15 is 0 Å². The van der Waals surface area contributed by atoms with Gasteiger partial charge in [0.2, 0.25) is 0 Å². The number of hydrogen-bond donors (Lipinski definition) is 1. The third-order valence-electron chi connectivity index (χ3n) is 2.38. The van der Waals surface area contributed by atoms with Crippen LogP contribution in [-0.2, 0) is 9.47 Å². The molecule has 1 unspecified atom stereocenters. The quantitative estimate of drug-likeness (QED) is 0.705. The predicted octanol–water partition coefficient (Wildman–Crippen LogP) is 1.39. The third kappa shape index (κ3) is 4.60. The van der Waals surface area contributed by atoms with Crippen LogP contribution >= 0.6 is 0 Å². The van der Waals surface area contributed by atoms with E-state index in [0.717, 1.165) is 32.6 Å². The highest BCUT2D eigenvalue weighted by molar-refractivity contribution is 4.60. The van der Waals surface area contributed by atoms with Crippen molar-refractivity contribution in [2.24, 2.45) is 5.92 Å². The topological polar surface area (TPSA) is 30.5 Å². The molecule has 1 fully saturated rings. The molecule has 1 N–H and O–H groups in total. The Morgan fingerprint density at radius 3 is 2.69 bits per heavy atom. The second-order valence-corrected chi connectivity index (χ2v) is 3.76. The molecule has 1 heterocycles. The Hall–Kier alpha value is -0.120. The van der Waals surface area contributed by atoms with Crippen LogP contribution < -0.4 is 5.32 Å². The Balaban J connectivity index is 2.07. The summed E-state index contributed by atoms with van der Waals surface area (Å²) in [7, 11) is 1.99. The zero-order valence-corrected chi connectivity index (χ0v) is 8.71. The molecule has 13 heavy (non-hydrogen) atoms. The summed E-state index contributed by atoms with van der Waals surface area (Å²) in [6.45, 7) is 5.05. The van der Waals surface area contributed by atoms with Gasteiger partial charge < -0.3 is 14.8 Å². The molecule has 3 nitrogen and oxygen atoms in total. The molecular formula is C10H21NO2. The first-order valence-corrected chi connectivity index (χ1v) is 5.20. The van der Waals surface area contributed by atoms with Gasteiger partial charge in [-0.05, 0) is 32.4 Å². The lowest BCUT2D eigenvalue weighted by atomic mass is 10.0. The highest BCUT2D eigenvalue weighted by Gasteiger charge is 2.16. The first-order chi connectivity index (χ1) is 6.33. The summed E-state index contributed by atoms with van der Waals surface area (Å²) in [6, 6.07) is 0. The van der Waals surface area contributed by atoms with Crippen LogP contribution in [0.4, 0.5) is 0 Å². The molecule has 1 rings (SSSR count). The van der Waals surface area contributed by atoms with Gasteiger partial charge in [-0.15, -0.1) is 0 Å². The van der Waals surface area contributed by atoms with Crippen LogP contribution in [-0.4, -0.2) is 33.1 Å². The lowest BCUT2D eigenvalue weighted by Crippen LogP contribution is -2.27. The lowest BCUT2D eigenvalue weighted by molar-refractivity contribution is -0.186. The monoisotopic (exact) mass is 187 g/mol. The number of nitrogens with one attached hydrogen (secondary N) is 1. The Labute approximate surface area is 80.8 Å². The van der Waals surface area contributed by atoms with Crippen LogP contribution in [0, 0.1) is 5.92 Å². The highest BCUT2D eigenvalue weighted by atomic mass is 16.7. The average molecular weight is 187 g/mol. The first kappa shape index (κ1) is 11.0. The van der Waals surface area contributed by atoms with Gasteiger partial charge in [0, 0.05) is 6.42 Å². The Bertz CT molecular complexity index is 124. The van der Waals surface area contributed by atoms with E-state index in [1.807, 2.05) is 7.05 Å². The molecule has 0 aliphatic carbocycles. The van der Waals surface area contributed by atoms with E-state index in [2.05, 4.69) is 12.2 Å². The maximum atomic E-state index is 5.49. The number of ether oxygens (including phenoxy) is 2. The molecule has 0 bridgehead atoms. The van der Waals surface area contributed by atoms with Gasteiger partial charge in [0.15, 0.2) is 6.29 Å². The fraction of sp³-hybridized carbons (Fsp3) is 1.00. The van der Waals surface area contributed by atoms with Gasteiger partial charge in [-0.1, -0.05) is 6.92 Å². The summed E-state index contributed by atoms with van der Waals surface area (Å²) in [5, 5.41) is 3.15. The van der Waals surface area contributed by atoms with E-state index in [0.29, 0.717) is 5.92 Å². The molecule has 0 aromatic rings. The van der Waals surface area contributed by atoms with Gasteiger partial charge in [0.25, 0.3) is 0 Å². The van der Waals surface area contributed by atoms with Crippen molar-refractivity contribution in [1.29, 1.82) is 0 Å². The van der Waals surface area contributed by atoms with Crippen molar-refractivity contribution in [3.05, 3.63) is 0 Å². The number of hydrogen-bond acceptors (Lipinski definition) is 3. The average Bonchev–Trinajstić information content (AvgIpc) is 2.16. The second kappa shape index (κ2) is 6.35. The molecule has 1 saturated heterocycles. The lowest BCUT2D eigenvalue weighted by Gasteiger charge is -2.25. The largest absolute Gasteiger partial charge is 0.353 e. The highest BCUT2D eigenvalue weighted by Crippen LogP contribution is 2.16. The zero-order valence-electron chi connectivity index (χ0n) is 8.71. The second-order valence-electron chi connectivity index (χ2n) is 3.76. The van der Waals surface area contributed by atoms with Crippen LogP contribution in [0.5, 0.6) is 0 Å².